The van der Waals surface area contributed by atoms with Crippen molar-refractivity contribution in [1.82, 2.24) is 5.32 Å². The highest BCUT2D eigenvalue weighted by Crippen LogP contribution is 2.03. The van der Waals surface area contributed by atoms with E-state index in [0.717, 1.165) is 5.56 Å². The molecular formula is C18H21NO6. The van der Waals surface area contributed by atoms with E-state index in [2.05, 4.69) is 18.5 Å². The summed E-state index contributed by atoms with van der Waals surface area (Å²) in [6.07, 6.45) is 1.54. The Bertz CT molecular complexity index is 599. The summed E-state index contributed by atoms with van der Waals surface area (Å²) >= 11 is 0. The molecule has 1 rings (SSSR count). The van der Waals surface area contributed by atoms with Crippen LogP contribution in [0.5, 0.6) is 0 Å². The fraction of sp³-hybridized carbons (Fsp3) is 0.278. The molecule has 0 bridgehead atoms. The Morgan fingerprint density at radius 1 is 1.00 bits per heavy atom. The molecule has 1 aromatic carbocycles. The van der Waals surface area contributed by atoms with Crippen molar-refractivity contribution in [1.29, 1.82) is 0 Å². The first-order valence-corrected chi connectivity index (χ1v) is 7.58. The average Bonchev–Trinajstić information content (AvgIpc) is 2.63. The van der Waals surface area contributed by atoms with Crippen molar-refractivity contribution in [3.8, 4) is 0 Å². The zero-order chi connectivity index (χ0) is 18.5. The van der Waals surface area contributed by atoms with Gasteiger partial charge in [-0.1, -0.05) is 55.6 Å². The first-order chi connectivity index (χ1) is 12.1. The van der Waals surface area contributed by atoms with E-state index in [1.165, 1.54) is 12.2 Å². The number of hydrogen-bond donors (Lipinski definition) is 1. The lowest BCUT2D eigenvalue weighted by atomic mass is 10.2. The minimum absolute atomic E-state index is 0.00567. The minimum Gasteiger partial charge on any atom is -0.461 e. The van der Waals surface area contributed by atoms with Crippen LogP contribution in [-0.4, -0.2) is 37.3 Å². The molecular weight excluding hydrogens is 326 g/mol. The van der Waals surface area contributed by atoms with Crippen LogP contribution in [0.4, 0.5) is 4.79 Å². The molecule has 0 aromatic heterocycles. The maximum absolute atomic E-state index is 12.0. The van der Waals surface area contributed by atoms with E-state index >= 15 is 0 Å². The first-order valence-electron chi connectivity index (χ1n) is 7.58. The zero-order valence-electron chi connectivity index (χ0n) is 13.8. The number of alkyl carbamates (subject to hydrolysis) is 1. The van der Waals surface area contributed by atoms with Crippen LogP contribution in [0.2, 0.25) is 0 Å². The van der Waals surface area contributed by atoms with Gasteiger partial charge in [0.05, 0.1) is 6.42 Å². The van der Waals surface area contributed by atoms with Crippen LogP contribution in [0.25, 0.3) is 0 Å². The largest absolute Gasteiger partial charge is 0.461 e. The number of carbonyl (C=O) groups is 3. The van der Waals surface area contributed by atoms with Gasteiger partial charge in [-0.2, -0.15) is 0 Å². The molecule has 134 valence electrons. The second kappa shape index (κ2) is 11.4. The monoisotopic (exact) mass is 347 g/mol. The highest BCUT2D eigenvalue weighted by molar-refractivity contribution is 5.86. The Morgan fingerprint density at radius 3 is 2.28 bits per heavy atom. The number of nitrogens with one attached hydrogen (secondary N) is 1. The molecule has 0 heterocycles. The second-order valence-electron chi connectivity index (χ2n) is 4.85. The molecule has 1 atom stereocenters. The highest BCUT2D eigenvalue weighted by atomic mass is 16.6. The lowest BCUT2D eigenvalue weighted by Crippen LogP contribution is -2.43. The van der Waals surface area contributed by atoms with Crippen LogP contribution in [0.15, 0.2) is 55.6 Å². The van der Waals surface area contributed by atoms with Gasteiger partial charge in [-0.05, 0) is 5.56 Å². The van der Waals surface area contributed by atoms with Crippen LogP contribution < -0.4 is 5.32 Å². The maximum Gasteiger partial charge on any atom is 0.408 e. The predicted molar refractivity (Wildman–Crippen MR) is 90.5 cm³/mol. The van der Waals surface area contributed by atoms with Crippen molar-refractivity contribution in [2.75, 3.05) is 13.2 Å². The van der Waals surface area contributed by atoms with E-state index in [4.69, 9.17) is 14.2 Å². The second-order valence-corrected chi connectivity index (χ2v) is 4.85. The summed E-state index contributed by atoms with van der Waals surface area (Å²) in [5.41, 5.74) is 0.786. The van der Waals surface area contributed by atoms with Gasteiger partial charge >= 0.3 is 18.0 Å². The van der Waals surface area contributed by atoms with Crippen LogP contribution in [0.3, 0.4) is 0 Å². The van der Waals surface area contributed by atoms with E-state index in [-0.39, 0.29) is 26.2 Å². The SMILES string of the molecule is C=CCOC(=O)C[C@H](NC(=O)OCc1ccccc1)C(=O)OCC=C. The smallest absolute Gasteiger partial charge is 0.408 e. The number of carbonyl (C=O) groups excluding carboxylic acids is 3. The van der Waals surface area contributed by atoms with Crippen molar-refractivity contribution in [2.24, 2.45) is 0 Å². The molecule has 0 spiro atoms. The Morgan fingerprint density at radius 2 is 1.64 bits per heavy atom. The van der Waals surface area contributed by atoms with Gasteiger partial charge in [-0.3, -0.25) is 4.79 Å². The van der Waals surface area contributed by atoms with Crippen LogP contribution in [-0.2, 0) is 30.4 Å². The molecule has 1 N–H and O–H groups in total. The van der Waals surface area contributed by atoms with Crippen molar-refractivity contribution in [3.05, 3.63) is 61.2 Å². The van der Waals surface area contributed by atoms with Crippen LogP contribution in [0.1, 0.15) is 12.0 Å². The molecule has 1 aromatic rings. The molecule has 0 aliphatic rings. The van der Waals surface area contributed by atoms with Gasteiger partial charge in [-0.25, -0.2) is 9.59 Å². The summed E-state index contributed by atoms with van der Waals surface area (Å²) in [4.78, 5) is 35.5. The van der Waals surface area contributed by atoms with Gasteiger partial charge < -0.3 is 19.5 Å². The molecule has 7 heteroatoms. The molecule has 7 nitrogen and oxygen atoms in total. The summed E-state index contributed by atoms with van der Waals surface area (Å²) in [5, 5.41) is 2.31. The standard InChI is InChI=1S/C18H21NO6/c1-3-10-23-16(20)12-15(17(21)24-11-4-2)19-18(22)25-13-14-8-6-5-7-9-14/h3-9,15H,1-2,10-13H2,(H,19,22)/t15-/m0/s1. The quantitative estimate of drug-likeness (QED) is 0.396. The van der Waals surface area contributed by atoms with Crippen LogP contribution in [0, 0.1) is 0 Å². The molecule has 0 saturated heterocycles. The number of hydrogen-bond acceptors (Lipinski definition) is 6. The Hall–Kier alpha value is -3.09. The van der Waals surface area contributed by atoms with E-state index in [0.29, 0.717) is 0 Å². The summed E-state index contributed by atoms with van der Waals surface area (Å²) < 4.78 is 14.7. The van der Waals surface area contributed by atoms with Crippen molar-refractivity contribution >= 4 is 18.0 Å². The maximum atomic E-state index is 12.0. The lowest BCUT2D eigenvalue weighted by molar-refractivity contribution is -0.151. The fourth-order valence-electron chi connectivity index (χ4n) is 1.72. The molecule has 0 aliphatic carbocycles. The molecule has 1 amide bonds. The van der Waals surface area contributed by atoms with Gasteiger partial charge in [0.15, 0.2) is 0 Å². The third-order valence-corrected chi connectivity index (χ3v) is 2.87. The number of ether oxygens (including phenoxy) is 3. The Labute approximate surface area is 146 Å². The number of benzene rings is 1. The topological polar surface area (TPSA) is 90.9 Å². The summed E-state index contributed by atoms with van der Waals surface area (Å²) in [7, 11) is 0. The van der Waals surface area contributed by atoms with Gasteiger partial charge in [0.1, 0.15) is 25.9 Å². The third kappa shape index (κ3) is 8.36. The summed E-state index contributed by atoms with van der Waals surface area (Å²) in [5.74, 6) is -1.46. The van der Waals surface area contributed by atoms with E-state index in [9.17, 15) is 14.4 Å². The Balaban J connectivity index is 2.59. The zero-order valence-corrected chi connectivity index (χ0v) is 13.8. The molecule has 0 unspecified atom stereocenters. The number of amides is 1. The highest BCUT2D eigenvalue weighted by Gasteiger charge is 2.26. The van der Waals surface area contributed by atoms with Crippen molar-refractivity contribution in [2.45, 2.75) is 19.1 Å². The van der Waals surface area contributed by atoms with E-state index < -0.39 is 24.1 Å². The van der Waals surface area contributed by atoms with Crippen molar-refractivity contribution in [3.63, 3.8) is 0 Å². The van der Waals surface area contributed by atoms with Gasteiger partial charge in [0.25, 0.3) is 0 Å². The summed E-state index contributed by atoms with van der Waals surface area (Å²) in [6.45, 7) is 6.84. The summed E-state index contributed by atoms with van der Waals surface area (Å²) in [6, 6.07) is 7.80. The third-order valence-electron chi connectivity index (χ3n) is 2.87. The molecule has 25 heavy (non-hydrogen) atoms. The normalized spacial score (nSPS) is 10.9. The minimum atomic E-state index is -1.22. The van der Waals surface area contributed by atoms with Crippen molar-refractivity contribution < 1.29 is 28.6 Å². The molecule has 0 aliphatic heterocycles. The van der Waals surface area contributed by atoms with E-state index in [1.54, 1.807) is 12.1 Å². The van der Waals surface area contributed by atoms with Gasteiger partial charge in [0.2, 0.25) is 0 Å². The van der Waals surface area contributed by atoms with Gasteiger partial charge in [0, 0.05) is 0 Å². The predicted octanol–water partition coefficient (Wildman–Crippen LogP) is 2.13. The number of esters is 2. The molecule has 0 fully saturated rings. The average molecular weight is 347 g/mol. The van der Waals surface area contributed by atoms with E-state index in [1.807, 2.05) is 18.2 Å². The lowest BCUT2D eigenvalue weighted by Gasteiger charge is -2.16. The van der Waals surface area contributed by atoms with Gasteiger partial charge in [-0.15, -0.1) is 0 Å². The Kier molecular flexibility index (Phi) is 9.14. The first kappa shape index (κ1) is 20.0. The number of rotatable bonds is 10. The molecule has 0 radical (unpaired) electrons. The van der Waals surface area contributed by atoms with Crippen LogP contribution >= 0.6 is 0 Å². The molecule has 0 saturated carbocycles. The fourth-order valence-corrected chi connectivity index (χ4v) is 1.72.